The van der Waals surface area contributed by atoms with E-state index in [-0.39, 0.29) is 16.3 Å². The summed E-state index contributed by atoms with van der Waals surface area (Å²) in [5.41, 5.74) is 0.579. The van der Waals surface area contributed by atoms with Crippen molar-refractivity contribution in [3.63, 3.8) is 0 Å². The molecular weight excluding hydrogens is 449 g/mol. The monoisotopic (exact) mass is 475 g/mol. The summed E-state index contributed by atoms with van der Waals surface area (Å²) in [5, 5.41) is 4.24. The number of rotatable bonds is 8. The highest BCUT2D eigenvalue weighted by atomic mass is 32.2. The number of thiazole rings is 1. The van der Waals surface area contributed by atoms with Crippen molar-refractivity contribution in [2.75, 3.05) is 23.7 Å². The molecular formula is C23H26FN3O3S2. The number of hydrogen-bond donors (Lipinski definition) is 2. The third kappa shape index (κ3) is 5.21. The standard InChI is InChI=1S/C23H26FN3O3S2/c1-30-20-12-11-17(13-22(20)32(28,29)27-19-10-6-5-9-18(19)24)21-15-26-23(31-21)25-14-16-7-3-2-4-8-16/h5-6,9-13,15-16,27H,2-4,7-8,14H2,1H3,(H,25,26). The molecule has 170 valence electrons. The van der Waals surface area contributed by atoms with Crippen LogP contribution in [0.15, 0.2) is 53.6 Å². The Hall–Kier alpha value is -2.65. The van der Waals surface area contributed by atoms with Gasteiger partial charge in [-0.15, -0.1) is 0 Å². The molecule has 1 aliphatic rings. The number of methoxy groups -OCH3 is 1. The molecule has 0 amide bonds. The first-order chi connectivity index (χ1) is 15.5. The lowest BCUT2D eigenvalue weighted by Crippen LogP contribution is -2.16. The number of benzene rings is 2. The molecule has 9 heteroatoms. The van der Waals surface area contributed by atoms with Crippen LogP contribution in [0.2, 0.25) is 0 Å². The number of nitrogens with one attached hydrogen (secondary N) is 2. The van der Waals surface area contributed by atoms with Crippen LogP contribution < -0.4 is 14.8 Å². The van der Waals surface area contributed by atoms with Crippen molar-refractivity contribution < 1.29 is 17.5 Å². The van der Waals surface area contributed by atoms with Gasteiger partial charge < -0.3 is 10.1 Å². The molecule has 1 aliphatic carbocycles. The Morgan fingerprint density at radius 1 is 1.16 bits per heavy atom. The molecule has 0 bridgehead atoms. The van der Waals surface area contributed by atoms with Crippen molar-refractivity contribution in [2.24, 2.45) is 5.92 Å². The number of hydrogen-bond acceptors (Lipinski definition) is 6. The maximum atomic E-state index is 14.0. The molecule has 1 fully saturated rings. The number of halogens is 1. The fourth-order valence-electron chi connectivity index (χ4n) is 3.90. The highest BCUT2D eigenvalue weighted by molar-refractivity contribution is 7.92. The van der Waals surface area contributed by atoms with Crippen LogP contribution in [0.5, 0.6) is 5.75 Å². The fourth-order valence-corrected chi connectivity index (χ4v) is 5.98. The van der Waals surface area contributed by atoms with Gasteiger partial charge >= 0.3 is 0 Å². The van der Waals surface area contributed by atoms with E-state index in [1.165, 1.54) is 74.8 Å². The average molecular weight is 476 g/mol. The summed E-state index contributed by atoms with van der Waals surface area (Å²) in [4.78, 5) is 5.22. The Kier molecular flexibility index (Phi) is 6.95. The van der Waals surface area contributed by atoms with Gasteiger partial charge in [0.05, 0.1) is 17.7 Å². The molecule has 2 aromatic carbocycles. The Balaban J connectivity index is 1.55. The zero-order valence-corrected chi connectivity index (χ0v) is 19.4. The molecule has 4 rings (SSSR count). The molecule has 2 N–H and O–H groups in total. The van der Waals surface area contributed by atoms with Crippen molar-refractivity contribution in [3.8, 4) is 16.2 Å². The predicted molar refractivity (Wildman–Crippen MR) is 126 cm³/mol. The largest absolute Gasteiger partial charge is 0.495 e. The van der Waals surface area contributed by atoms with E-state index in [0.29, 0.717) is 11.5 Å². The van der Waals surface area contributed by atoms with Gasteiger partial charge in [0.25, 0.3) is 10.0 Å². The molecule has 0 radical (unpaired) electrons. The van der Waals surface area contributed by atoms with E-state index in [1.807, 2.05) is 0 Å². The van der Waals surface area contributed by atoms with Crippen LogP contribution in [0.4, 0.5) is 15.2 Å². The maximum Gasteiger partial charge on any atom is 0.265 e. The van der Waals surface area contributed by atoms with Crippen LogP contribution in [0.1, 0.15) is 32.1 Å². The summed E-state index contributed by atoms with van der Waals surface area (Å²) in [6, 6.07) is 10.5. The summed E-state index contributed by atoms with van der Waals surface area (Å²) in [7, 11) is -2.67. The minimum absolute atomic E-state index is 0.0640. The van der Waals surface area contributed by atoms with E-state index in [0.717, 1.165) is 16.6 Å². The van der Waals surface area contributed by atoms with Gasteiger partial charge in [0.2, 0.25) is 0 Å². The molecule has 0 aliphatic heterocycles. The first-order valence-corrected chi connectivity index (χ1v) is 12.9. The van der Waals surface area contributed by atoms with E-state index in [4.69, 9.17) is 4.74 Å². The molecule has 3 aromatic rings. The minimum Gasteiger partial charge on any atom is -0.495 e. The second kappa shape index (κ2) is 9.87. The SMILES string of the molecule is COc1ccc(-c2cnc(NCC3CCCCC3)s2)cc1S(=O)(=O)Nc1ccccc1F. The van der Waals surface area contributed by atoms with Crippen molar-refractivity contribution in [1.82, 2.24) is 4.98 Å². The number of sulfonamides is 1. The Bertz CT molecular complexity index is 1170. The van der Waals surface area contributed by atoms with Crippen molar-refractivity contribution in [2.45, 2.75) is 37.0 Å². The second-order valence-electron chi connectivity index (χ2n) is 7.87. The maximum absolute atomic E-state index is 14.0. The van der Waals surface area contributed by atoms with Crippen LogP contribution in [0.25, 0.3) is 10.4 Å². The molecule has 1 heterocycles. The number of nitrogens with zero attached hydrogens (tertiary/aromatic N) is 1. The van der Waals surface area contributed by atoms with Gasteiger partial charge in [0, 0.05) is 12.7 Å². The lowest BCUT2D eigenvalue weighted by Gasteiger charge is -2.21. The third-order valence-electron chi connectivity index (χ3n) is 5.63. The topological polar surface area (TPSA) is 80.3 Å². The molecule has 0 unspecified atom stereocenters. The van der Waals surface area contributed by atoms with E-state index >= 15 is 0 Å². The van der Waals surface area contributed by atoms with Crippen LogP contribution in [-0.4, -0.2) is 27.1 Å². The summed E-state index contributed by atoms with van der Waals surface area (Å²) in [6.45, 7) is 0.905. The first kappa shape index (κ1) is 22.5. The van der Waals surface area contributed by atoms with Gasteiger partial charge in [-0.05, 0) is 54.7 Å². The zero-order chi connectivity index (χ0) is 22.6. The number of aromatic nitrogens is 1. The van der Waals surface area contributed by atoms with Gasteiger partial charge in [-0.1, -0.05) is 42.7 Å². The van der Waals surface area contributed by atoms with Crippen molar-refractivity contribution >= 4 is 32.2 Å². The Morgan fingerprint density at radius 2 is 1.94 bits per heavy atom. The molecule has 0 saturated heterocycles. The van der Waals surface area contributed by atoms with Gasteiger partial charge in [-0.3, -0.25) is 4.72 Å². The summed E-state index contributed by atoms with van der Waals surface area (Å²) < 4.78 is 47.6. The van der Waals surface area contributed by atoms with E-state index < -0.39 is 15.8 Å². The smallest absolute Gasteiger partial charge is 0.265 e. The summed E-state index contributed by atoms with van der Waals surface area (Å²) >= 11 is 1.48. The average Bonchev–Trinajstić information content (AvgIpc) is 3.28. The van der Waals surface area contributed by atoms with Crippen LogP contribution >= 0.6 is 11.3 Å². The van der Waals surface area contributed by atoms with E-state index in [1.54, 1.807) is 24.4 Å². The highest BCUT2D eigenvalue weighted by Crippen LogP contribution is 2.35. The first-order valence-electron chi connectivity index (χ1n) is 10.6. The molecule has 0 spiro atoms. The van der Waals surface area contributed by atoms with Crippen molar-refractivity contribution in [3.05, 3.63) is 54.5 Å². The summed E-state index contributed by atoms with van der Waals surface area (Å²) in [5.74, 6) is 0.207. The van der Waals surface area contributed by atoms with Gasteiger partial charge in [-0.2, -0.15) is 0 Å². The zero-order valence-electron chi connectivity index (χ0n) is 17.8. The van der Waals surface area contributed by atoms with Crippen LogP contribution in [-0.2, 0) is 10.0 Å². The van der Waals surface area contributed by atoms with Gasteiger partial charge in [0.1, 0.15) is 16.5 Å². The normalized spacial score (nSPS) is 14.8. The van der Waals surface area contributed by atoms with E-state index in [9.17, 15) is 12.8 Å². The van der Waals surface area contributed by atoms with Crippen molar-refractivity contribution in [1.29, 1.82) is 0 Å². The molecule has 0 atom stereocenters. The molecule has 6 nitrogen and oxygen atoms in total. The van der Waals surface area contributed by atoms with Crippen LogP contribution in [0, 0.1) is 11.7 Å². The molecule has 32 heavy (non-hydrogen) atoms. The number of anilines is 2. The van der Waals surface area contributed by atoms with E-state index in [2.05, 4.69) is 15.0 Å². The lowest BCUT2D eigenvalue weighted by atomic mass is 9.89. The van der Waals surface area contributed by atoms with Gasteiger partial charge in [0.15, 0.2) is 5.13 Å². The number of para-hydroxylation sites is 1. The predicted octanol–water partition coefficient (Wildman–Crippen LogP) is 5.75. The summed E-state index contributed by atoms with van der Waals surface area (Å²) in [6.07, 6.45) is 8.14. The number of ether oxygens (including phenoxy) is 1. The van der Waals surface area contributed by atoms with Gasteiger partial charge in [-0.25, -0.2) is 17.8 Å². The molecule has 1 aromatic heterocycles. The third-order valence-corrected chi connectivity index (χ3v) is 8.02. The highest BCUT2D eigenvalue weighted by Gasteiger charge is 2.22. The Morgan fingerprint density at radius 3 is 2.69 bits per heavy atom. The Labute approximate surface area is 191 Å². The minimum atomic E-state index is -4.07. The fraction of sp³-hybridized carbons (Fsp3) is 0.348. The second-order valence-corrected chi connectivity index (χ2v) is 10.5. The quantitative estimate of drug-likeness (QED) is 0.434. The lowest BCUT2D eigenvalue weighted by molar-refractivity contribution is 0.373. The molecule has 1 saturated carbocycles. The van der Waals surface area contributed by atoms with Crippen LogP contribution in [0.3, 0.4) is 0 Å².